The number of rotatable bonds is 7. The molecule has 0 spiro atoms. The van der Waals surface area contributed by atoms with Gasteiger partial charge in [-0.3, -0.25) is 29.1 Å². The van der Waals surface area contributed by atoms with Crippen LogP contribution in [0.25, 0.3) is 27.5 Å². The molecule has 0 aliphatic rings. The third kappa shape index (κ3) is 4.96. The molecular weight excluding hydrogens is 506 g/mol. The summed E-state index contributed by atoms with van der Waals surface area (Å²) in [5.74, 6) is -1.13. The molecule has 13 nitrogen and oxygen atoms in total. The first kappa shape index (κ1) is 25.0. The Bertz CT molecular complexity index is 1900. The van der Waals surface area contributed by atoms with Crippen LogP contribution in [0.5, 0.6) is 0 Å². The summed E-state index contributed by atoms with van der Waals surface area (Å²) in [4.78, 5) is 53.3. The van der Waals surface area contributed by atoms with Gasteiger partial charge in [0.05, 0.1) is 22.5 Å². The van der Waals surface area contributed by atoms with Crippen molar-refractivity contribution in [1.29, 1.82) is 0 Å². The maximum absolute atomic E-state index is 12.5. The first-order chi connectivity index (χ1) is 18.7. The number of hydrogen-bond donors (Lipinski definition) is 4. The van der Waals surface area contributed by atoms with E-state index in [2.05, 4.69) is 15.3 Å². The van der Waals surface area contributed by atoms with Crippen molar-refractivity contribution in [1.82, 2.24) is 14.1 Å². The van der Waals surface area contributed by atoms with Crippen LogP contribution < -0.4 is 22.2 Å². The number of fused-ring (bicyclic) bond motifs is 3. The van der Waals surface area contributed by atoms with Crippen molar-refractivity contribution in [3.8, 4) is 5.69 Å². The predicted octanol–water partition coefficient (Wildman–Crippen LogP) is 2.55. The molecule has 2 heterocycles. The molecule has 0 saturated heterocycles. The van der Waals surface area contributed by atoms with Crippen LogP contribution in [0.1, 0.15) is 5.69 Å². The van der Waals surface area contributed by atoms with E-state index in [1.54, 1.807) is 18.2 Å². The van der Waals surface area contributed by atoms with E-state index in [4.69, 9.17) is 5.73 Å². The van der Waals surface area contributed by atoms with Gasteiger partial charge in [-0.05, 0) is 47.9 Å². The van der Waals surface area contributed by atoms with Crippen molar-refractivity contribution in [3.63, 3.8) is 0 Å². The van der Waals surface area contributed by atoms with E-state index in [0.29, 0.717) is 27.8 Å². The van der Waals surface area contributed by atoms with Gasteiger partial charge in [-0.2, -0.15) is 0 Å². The summed E-state index contributed by atoms with van der Waals surface area (Å²) in [6.07, 6.45) is 1.82. The summed E-state index contributed by atoms with van der Waals surface area (Å²) in [6.45, 7) is -0.462. The van der Waals surface area contributed by atoms with Gasteiger partial charge in [0.1, 0.15) is 6.54 Å². The molecule has 0 bridgehead atoms. The number of aromatic nitrogens is 3. The fourth-order valence-corrected chi connectivity index (χ4v) is 4.34. The Morgan fingerprint density at radius 3 is 2.56 bits per heavy atom. The van der Waals surface area contributed by atoms with Crippen molar-refractivity contribution in [2.24, 2.45) is 10.7 Å². The molecule has 13 heteroatoms. The fourth-order valence-electron chi connectivity index (χ4n) is 4.34. The normalized spacial score (nSPS) is 11.6. The zero-order chi connectivity index (χ0) is 27.7. The van der Waals surface area contributed by atoms with Crippen molar-refractivity contribution in [3.05, 3.63) is 109 Å². The number of nitrogens with one attached hydrogen (secondary N) is 2. The summed E-state index contributed by atoms with van der Waals surface area (Å²) >= 11 is 0. The van der Waals surface area contributed by atoms with E-state index in [-0.39, 0.29) is 18.2 Å². The number of anilines is 1. The second-order valence-electron chi connectivity index (χ2n) is 8.61. The first-order valence-electron chi connectivity index (χ1n) is 11.6. The molecule has 0 fully saturated rings. The van der Waals surface area contributed by atoms with Gasteiger partial charge in [0, 0.05) is 40.8 Å². The molecule has 5 N–H and O–H groups in total. The molecule has 0 unspecified atom stereocenters. The van der Waals surface area contributed by atoms with Crippen molar-refractivity contribution in [2.45, 2.75) is 13.1 Å². The van der Waals surface area contributed by atoms with Gasteiger partial charge >= 0.3 is 17.1 Å². The lowest BCUT2D eigenvalue weighted by molar-refractivity contribution is -0.384. The molecule has 5 rings (SSSR count). The van der Waals surface area contributed by atoms with Crippen LogP contribution in [0.3, 0.4) is 0 Å². The average molecular weight is 527 g/mol. The number of carboxylic acids is 1. The lowest BCUT2D eigenvalue weighted by Crippen LogP contribution is -2.37. The number of carbonyl (C=O) groups is 1. The highest BCUT2D eigenvalue weighted by molar-refractivity contribution is 6.05. The summed E-state index contributed by atoms with van der Waals surface area (Å²) in [5, 5.41) is 24.4. The quantitative estimate of drug-likeness (QED) is 0.0620. The smallest absolute Gasteiger partial charge is 0.323 e. The number of guanidine groups is 1. The number of nitro benzene ring substituents is 1. The summed E-state index contributed by atoms with van der Waals surface area (Å²) in [7, 11) is 0. The van der Waals surface area contributed by atoms with E-state index >= 15 is 0 Å². The topological polar surface area (TPSA) is 191 Å². The first-order valence-corrected chi connectivity index (χ1v) is 11.6. The number of aromatic amines is 1. The molecule has 0 radical (unpaired) electrons. The highest BCUT2D eigenvalue weighted by Gasteiger charge is 2.15. The number of hydrogen-bond acceptors (Lipinski definition) is 6. The average Bonchev–Trinajstić information content (AvgIpc) is 3.38. The highest BCUT2D eigenvalue weighted by Crippen LogP contribution is 2.26. The molecule has 0 aliphatic carbocycles. The summed E-state index contributed by atoms with van der Waals surface area (Å²) in [6, 6.07) is 18.4. The van der Waals surface area contributed by atoms with Crippen LogP contribution in [0.15, 0.2) is 87.5 Å². The Labute approximate surface area is 218 Å². The van der Waals surface area contributed by atoms with Gasteiger partial charge in [-0.1, -0.05) is 12.1 Å². The number of nitro groups is 1. The van der Waals surface area contributed by atoms with Crippen molar-refractivity contribution >= 4 is 45.1 Å². The molecule has 196 valence electrons. The number of nitrogens with two attached hydrogens (primary N) is 1. The van der Waals surface area contributed by atoms with Gasteiger partial charge in [-0.15, -0.1) is 0 Å². The number of aliphatic imine (C=N–C) groups is 1. The van der Waals surface area contributed by atoms with Gasteiger partial charge in [0.2, 0.25) is 0 Å². The van der Waals surface area contributed by atoms with Crippen LogP contribution in [0.4, 0.5) is 11.4 Å². The van der Waals surface area contributed by atoms with E-state index in [1.165, 1.54) is 24.3 Å². The monoisotopic (exact) mass is 527 g/mol. The molecule has 3 aromatic carbocycles. The van der Waals surface area contributed by atoms with Crippen LogP contribution in [-0.4, -0.2) is 36.1 Å². The summed E-state index contributed by atoms with van der Waals surface area (Å²) in [5.41, 5.74) is 6.82. The Hall–Kier alpha value is -5.72. The third-order valence-corrected chi connectivity index (χ3v) is 6.10. The Balaban J connectivity index is 1.49. The van der Waals surface area contributed by atoms with Gasteiger partial charge in [0.25, 0.3) is 5.69 Å². The van der Waals surface area contributed by atoms with E-state index < -0.39 is 28.6 Å². The predicted molar refractivity (Wildman–Crippen MR) is 145 cm³/mol. The molecule has 0 saturated carbocycles. The molecular formula is C26H21N7O6. The SMILES string of the molecule is NC(=NCc1cccn1-c1ccc2ccc3[nH]c(=O)c(=O)n(CC(=O)O)c3c2c1)Nc1ccc([N+](=O)[O-])cc1. The highest BCUT2D eigenvalue weighted by atomic mass is 16.6. The van der Waals surface area contributed by atoms with Gasteiger partial charge in [-0.25, -0.2) is 4.99 Å². The zero-order valence-corrected chi connectivity index (χ0v) is 20.2. The summed E-state index contributed by atoms with van der Waals surface area (Å²) < 4.78 is 2.83. The molecule has 0 aliphatic heterocycles. The molecule has 2 aromatic heterocycles. The molecule has 0 amide bonds. The number of aliphatic carboxylic acids is 1. The molecule has 5 aromatic rings. The lowest BCUT2D eigenvalue weighted by atomic mass is 10.1. The van der Waals surface area contributed by atoms with Crippen LogP contribution in [0.2, 0.25) is 0 Å². The van der Waals surface area contributed by atoms with E-state index in [1.807, 2.05) is 35.0 Å². The maximum atomic E-state index is 12.5. The molecule has 0 atom stereocenters. The Kier molecular flexibility index (Phi) is 6.38. The fraction of sp³-hybridized carbons (Fsp3) is 0.0769. The third-order valence-electron chi connectivity index (χ3n) is 6.10. The van der Waals surface area contributed by atoms with Crippen molar-refractivity contribution < 1.29 is 14.8 Å². The van der Waals surface area contributed by atoms with E-state index in [0.717, 1.165) is 15.6 Å². The number of carboxylic acid groups (broad SMARTS) is 1. The van der Waals surface area contributed by atoms with Gasteiger partial charge < -0.3 is 25.7 Å². The second kappa shape index (κ2) is 9.97. The minimum atomic E-state index is -1.25. The number of nitrogens with zero attached hydrogens (tertiary/aromatic N) is 4. The Morgan fingerprint density at radius 2 is 1.85 bits per heavy atom. The lowest BCUT2D eigenvalue weighted by Gasteiger charge is -2.13. The molecule has 39 heavy (non-hydrogen) atoms. The van der Waals surface area contributed by atoms with Crippen molar-refractivity contribution in [2.75, 3.05) is 5.32 Å². The van der Waals surface area contributed by atoms with Crippen LogP contribution in [-0.2, 0) is 17.9 Å². The number of benzene rings is 3. The zero-order valence-electron chi connectivity index (χ0n) is 20.2. The minimum absolute atomic E-state index is 0.0385. The van der Waals surface area contributed by atoms with Crippen LogP contribution >= 0.6 is 0 Å². The largest absolute Gasteiger partial charge is 0.480 e. The standard InChI is InChI=1S/C26H21N7O6/c27-26(29-16-5-8-17(9-6-16)33(38)39)28-13-19-2-1-11-31(19)18-7-3-15-4-10-21-23(20(15)12-18)32(14-22(34)35)25(37)24(36)30-21/h1-12H,13-14H2,(H,30,36)(H,34,35)(H3,27,28,29). The number of non-ortho nitro benzene ring substituents is 1. The van der Waals surface area contributed by atoms with Gasteiger partial charge in [0.15, 0.2) is 5.96 Å². The second-order valence-corrected chi connectivity index (χ2v) is 8.61. The van der Waals surface area contributed by atoms with E-state index in [9.17, 15) is 29.6 Å². The van der Waals surface area contributed by atoms with Crippen LogP contribution in [0, 0.1) is 10.1 Å². The number of H-pyrrole nitrogens is 1. The maximum Gasteiger partial charge on any atom is 0.323 e. The minimum Gasteiger partial charge on any atom is -0.480 e. The Morgan fingerprint density at radius 1 is 1.10 bits per heavy atom.